The third-order valence-corrected chi connectivity index (χ3v) is 2.85. The van der Waals surface area contributed by atoms with E-state index in [-0.39, 0.29) is 0 Å². The highest BCUT2D eigenvalue weighted by Gasteiger charge is 2.19. The van der Waals surface area contributed by atoms with Gasteiger partial charge in [0.05, 0.1) is 0 Å². The summed E-state index contributed by atoms with van der Waals surface area (Å²) in [7, 11) is 2.15. The van der Waals surface area contributed by atoms with Crippen molar-refractivity contribution in [2.24, 2.45) is 0 Å². The molecule has 0 spiro atoms. The monoisotopic (exact) mass is 235 g/mol. The van der Waals surface area contributed by atoms with Crippen molar-refractivity contribution in [3.8, 4) is 0 Å². The highest BCUT2D eigenvalue weighted by molar-refractivity contribution is 5.47. The van der Waals surface area contributed by atoms with E-state index >= 15 is 0 Å². The molecule has 1 aromatic heterocycles. The Bertz CT molecular complexity index is 366. The first-order valence-electron chi connectivity index (χ1n) is 6.17. The molecule has 0 aromatic carbocycles. The van der Waals surface area contributed by atoms with Gasteiger partial charge in [-0.1, -0.05) is 0 Å². The molecule has 2 N–H and O–H groups in total. The molecule has 0 bridgehead atoms. The van der Waals surface area contributed by atoms with Crippen molar-refractivity contribution in [3.63, 3.8) is 0 Å². The lowest BCUT2D eigenvalue weighted by molar-refractivity contribution is 0.414. The Morgan fingerprint density at radius 3 is 2.76 bits per heavy atom. The molecule has 1 atom stereocenters. The Balaban J connectivity index is 1.96. The zero-order chi connectivity index (χ0) is 12.3. The van der Waals surface area contributed by atoms with Crippen LogP contribution in [-0.2, 0) is 0 Å². The predicted molar refractivity (Wildman–Crippen MR) is 70.3 cm³/mol. The summed E-state index contributed by atoms with van der Waals surface area (Å²) in [5.74, 6) is 1.78. The first-order valence-corrected chi connectivity index (χ1v) is 6.17. The summed E-state index contributed by atoms with van der Waals surface area (Å²) in [5, 5.41) is 6.73. The lowest BCUT2D eigenvalue weighted by Crippen LogP contribution is -2.24. The molecule has 2 heterocycles. The van der Waals surface area contributed by atoms with Crippen molar-refractivity contribution >= 4 is 11.6 Å². The number of likely N-dealkylation sites (tertiary alicyclic amines) is 1. The van der Waals surface area contributed by atoms with Crippen LogP contribution in [0.2, 0.25) is 0 Å². The quantitative estimate of drug-likeness (QED) is 0.826. The van der Waals surface area contributed by atoms with Gasteiger partial charge in [0.25, 0.3) is 0 Å². The first kappa shape index (κ1) is 12.1. The summed E-state index contributed by atoms with van der Waals surface area (Å²) in [4.78, 5) is 10.8. The van der Waals surface area contributed by atoms with Crippen molar-refractivity contribution in [1.29, 1.82) is 0 Å². The van der Waals surface area contributed by atoms with Crippen LogP contribution in [0.1, 0.15) is 20.3 Å². The van der Waals surface area contributed by atoms with Crippen molar-refractivity contribution in [3.05, 3.63) is 12.4 Å². The molecule has 0 aliphatic carbocycles. The van der Waals surface area contributed by atoms with Crippen molar-refractivity contribution in [1.82, 2.24) is 14.9 Å². The average molecular weight is 235 g/mol. The maximum absolute atomic E-state index is 4.25. The van der Waals surface area contributed by atoms with Crippen LogP contribution in [0.15, 0.2) is 12.4 Å². The normalized spacial score (nSPS) is 20.8. The van der Waals surface area contributed by atoms with Gasteiger partial charge in [0.1, 0.15) is 18.0 Å². The van der Waals surface area contributed by atoms with Gasteiger partial charge in [0.15, 0.2) is 0 Å². The molecule has 94 valence electrons. The molecule has 2 rings (SSSR count). The van der Waals surface area contributed by atoms with Crippen LogP contribution < -0.4 is 10.6 Å². The molecule has 1 aliphatic rings. The first-order chi connectivity index (χ1) is 8.13. The Morgan fingerprint density at radius 1 is 1.35 bits per heavy atom. The number of rotatable bonds is 4. The minimum atomic E-state index is 0.385. The number of hydrogen-bond acceptors (Lipinski definition) is 5. The van der Waals surface area contributed by atoms with Gasteiger partial charge in [-0.3, -0.25) is 0 Å². The van der Waals surface area contributed by atoms with Gasteiger partial charge in [-0.15, -0.1) is 0 Å². The smallest absolute Gasteiger partial charge is 0.131 e. The fourth-order valence-corrected chi connectivity index (χ4v) is 2.07. The summed E-state index contributed by atoms with van der Waals surface area (Å²) < 4.78 is 0. The van der Waals surface area contributed by atoms with Gasteiger partial charge in [-0.25, -0.2) is 9.97 Å². The van der Waals surface area contributed by atoms with Crippen molar-refractivity contribution in [2.75, 3.05) is 30.8 Å². The molecule has 0 saturated carbocycles. The highest BCUT2D eigenvalue weighted by Crippen LogP contribution is 2.15. The standard InChI is InChI=1S/C12H21N5/c1-9(2)15-11-6-12(14-8-13-11)16-10-4-5-17(3)7-10/h6,8-10H,4-5,7H2,1-3H3,(H2,13,14,15,16). The van der Waals surface area contributed by atoms with E-state index in [0.717, 1.165) is 24.7 Å². The van der Waals surface area contributed by atoms with E-state index in [1.165, 1.54) is 6.42 Å². The number of nitrogens with zero attached hydrogens (tertiary/aromatic N) is 3. The molecular formula is C12H21N5. The molecule has 1 saturated heterocycles. The molecule has 17 heavy (non-hydrogen) atoms. The van der Waals surface area contributed by atoms with Crippen LogP contribution in [-0.4, -0.2) is 47.1 Å². The van der Waals surface area contributed by atoms with E-state index in [0.29, 0.717) is 12.1 Å². The van der Waals surface area contributed by atoms with E-state index in [1.807, 2.05) is 6.07 Å². The van der Waals surface area contributed by atoms with E-state index in [2.05, 4.69) is 46.4 Å². The van der Waals surface area contributed by atoms with E-state index in [4.69, 9.17) is 0 Å². The second kappa shape index (κ2) is 5.31. The second-order valence-electron chi connectivity index (χ2n) is 4.98. The van der Waals surface area contributed by atoms with E-state index < -0.39 is 0 Å². The molecule has 1 unspecified atom stereocenters. The van der Waals surface area contributed by atoms with Crippen LogP contribution in [0.5, 0.6) is 0 Å². The summed E-state index contributed by atoms with van der Waals surface area (Å²) in [6.45, 7) is 6.43. The van der Waals surface area contributed by atoms with Crippen LogP contribution in [0.25, 0.3) is 0 Å². The summed E-state index contributed by atoms with van der Waals surface area (Å²) >= 11 is 0. The van der Waals surface area contributed by atoms with Gasteiger partial charge < -0.3 is 15.5 Å². The fourth-order valence-electron chi connectivity index (χ4n) is 2.07. The van der Waals surface area contributed by atoms with Crippen molar-refractivity contribution in [2.45, 2.75) is 32.4 Å². The Morgan fingerprint density at radius 2 is 2.12 bits per heavy atom. The van der Waals surface area contributed by atoms with Gasteiger partial charge in [0.2, 0.25) is 0 Å². The minimum absolute atomic E-state index is 0.385. The van der Waals surface area contributed by atoms with Gasteiger partial charge in [-0.2, -0.15) is 0 Å². The van der Waals surface area contributed by atoms with Gasteiger partial charge in [0, 0.05) is 24.7 Å². The van der Waals surface area contributed by atoms with Crippen LogP contribution >= 0.6 is 0 Å². The number of aromatic nitrogens is 2. The molecule has 1 aromatic rings. The summed E-state index contributed by atoms with van der Waals surface area (Å²) in [6.07, 6.45) is 2.78. The lowest BCUT2D eigenvalue weighted by atomic mass is 10.2. The minimum Gasteiger partial charge on any atom is -0.368 e. The molecule has 0 amide bonds. The van der Waals surface area contributed by atoms with Gasteiger partial charge in [-0.05, 0) is 33.9 Å². The molecular weight excluding hydrogens is 214 g/mol. The van der Waals surface area contributed by atoms with E-state index in [9.17, 15) is 0 Å². The SMILES string of the molecule is CC(C)Nc1cc(NC2CCN(C)C2)ncn1. The zero-order valence-corrected chi connectivity index (χ0v) is 10.8. The zero-order valence-electron chi connectivity index (χ0n) is 10.8. The Hall–Kier alpha value is -1.36. The highest BCUT2D eigenvalue weighted by atomic mass is 15.2. The number of nitrogens with one attached hydrogen (secondary N) is 2. The number of anilines is 2. The summed E-state index contributed by atoms with van der Waals surface area (Å²) in [6, 6.07) is 2.86. The second-order valence-corrected chi connectivity index (χ2v) is 4.98. The van der Waals surface area contributed by atoms with Gasteiger partial charge >= 0.3 is 0 Å². The van der Waals surface area contributed by atoms with Crippen LogP contribution in [0, 0.1) is 0 Å². The number of likely N-dealkylation sites (N-methyl/N-ethyl adjacent to an activating group) is 1. The molecule has 1 fully saturated rings. The van der Waals surface area contributed by atoms with Crippen LogP contribution in [0.4, 0.5) is 11.6 Å². The number of hydrogen-bond donors (Lipinski definition) is 2. The Kier molecular flexibility index (Phi) is 3.78. The van der Waals surface area contributed by atoms with E-state index in [1.54, 1.807) is 6.33 Å². The topological polar surface area (TPSA) is 53.1 Å². The molecule has 5 nitrogen and oxygen atoms in total. The lowest BCUT2D eigenvalue weighted by Gasteiger charge is -2.14. The third-order valence-electron chi connectivity index (χ3n) is 2.85. The predicted octanol–water partition coefficient (Wildman–Crippen LogP) is 1.41. The molecule has 1 aliphatic heterocycles. The maximum Gasteiger partial charge on any atom is 0.131 e. The van der Waals surface area contributed by atoms with Crippen molar-refractivity contribution < 1.29 is 0 Å². The average Bonchev–Trinajstić information content (AvgIpc) is 2.63. The summed E-state index contributed by atoms with van der Waals surface area (Å²) in [5.41, 5.74) is 0. The third kappa shape index (κ3) is 3.56. The largest absolute Gasteiger partial charge is 0.368 e. The molecule has 5 heteroatoms. The maximum atomic E-state index is 4.25. The molecule has 0 radical (unpaired) electrons. The fraction of sp³-hybridized carbons (Fsp3) is 0.667. The van der Waals surface area contributed by atoms with Crippen LogP contribution in [0.3, 0.4) is 0 Å². The Labute approximate surface area is 103 Å².